The van der Waals surface area contributed by atoms with E-state index in [4.69, 9.17) is 0 Å². The Morgan fingerprint density at radius 1 is 1.12 bits per heavy atom. The van der Waals surface area contributed by atoms with Gasteiger partial charge in [0.2, 0.25) is 16.0 Å². The second-order valence-electron chi connectivity index (χ2n) is 7.46. The molecule has 0 aliphatic heterocycles. The van der Waals surface area contributed by atoms with Crippen LogP contribution in [0.5, 0.6) is 0 Å². The molecule has 2 heterocycles. The van der Waals surface area contributed by atoms with E-state index in [-0.39, 0.29) is 22.0 Å². The molecule has 2 aromatic heterocycles. The first kappa shape index (κ1) is 24.3. The summed E-state index contributed by atoms with van der Waals surface area (Å²) >= 11 is 0. The molecule has 0 saturated heterocycles. The average molecular weight is 473 g/mol. The Morgan fingerprint density at radius 3 is 2.30 bits per heavy atom. The molecule has 0 bridgehead atoms. The molecule has 0 atom stereocenters. The van der Waals surface area contributed by atoms with Gasteiger partial charge in [0, 0.05) is 36.0 Å². The zero-order valence-electron chi connectivity index (χ0n) is 19.3. The number of amides is 1. The topological polar surface area (TPSA) is 130 Å². The Kier molecular flexibility index (Phi) is 7.13. The summed E-state index contributed by atoms with van der Waals surface area (Å²) in [4.78, 5) is 32.5. The molecular weight excluding hydrogens is 444 g/mol. The van der Waals surface area contributed by atoms with Crippen LogP contribution >= 0.6 is 0 Å². The average Bonchev–Trinajstić information content (AvgIpc) is 3.14. The molecule has 11 heteroatoms. The van der Waals surface area contributed by atoms with Gasteiger partial charge >= 0.3 is 0 Å². The molecule has 1 aromatic carbocycles. The van der Waals surface area contributed by atoms with E-state index in [2.05, 4.69) is 20.4 Å². The number of nitrogens with zero attached hydrogens (tertiary/aromatic N) is 4. The summed E-state index contributed by atoms with van der Waals surface area (Å²) in [5.74, 6) is 0.0649. The molecule has 2 N–H and O–H groups in total. The van der Waals surface area contributed by atoms with Gasteiger partial charge in [-0.05, 0) is 44.5 Å². The number of carbonyl (C=O) groups is 1. The first-order valence-corrected chi connectivity index (χ1v) is 12.1. The maximum absolute atomic E-state index is 12.8. The predicted octanol–water partition coefficient (Wildman–Crippen LogP) is 2.42. The Morgan fingerprint density at radius 2 is 1.76 bits per heavy atom. The minimum atomic E-state index is -3.61. The molecule has 10 nitrogen and oxygen atoms in total. The van der Waals surface area contributed by atoms with Gasteiger partial charge in [-0.1, -0.05) is 20.8 Å². The number of benzene rings is 1. The summed E-state index contributed by atoms with van der Waals surface area (Å²) < 4.78 is 28.0. The van der Waals surface area contributed by atoms with Crippen LogP contribution in [0.2, 0.25) is 0 Å². The van der Waals surface area contributed by atoms with Crippen LogP contribution in [0.15, 0.2) is 40.0 Å². The van der Waals surface area contributed by atoms with Gasteiger partial charge in [0.25, 0.3) is 11.5 Å². The smallest absolute Gasteiger partial charge is 0.256 e. The van der Waals surface area contributed by atoms with Crippen molar-refractivity contribution in [2.45, 2.75) is 45.9 Å². The lowest BCUT2D eigenvalue weighted by atomic mass is 10.2. The number of carbonyl (C=O) groups excluding carboxylic acids is 1. The van der Waals surface area contributed by atoms with Crippen LogP contribution in [-0.2, 0) is 16.4 Å². The summed E-state index contributed by atoms with van der Waals surface area (Å²) in [7, 11) is -3.61. The van der Waals surface area contributed by atoms with Crippen molar-refractivity contribution >= 4 is 21.7 Å². The van der Waals surface area contributed by atoms with Crippen LogP contribution in [0.4, 0.5) is 5.82 Å². The van der Waals surface area contributed by atoms with E-state index in [9.17, 15) is 18.0 Å². The lowest BCUT2D eigenvalue weighted by Gasteiger charge is -2.18. The Bertz CT molecular complexity index is 1320. The first-order chi connectivity index (χ1) is 15.6. The largest absolute Gasteiger partial charge is 0.306 e. The number of anilines is 1. The summed E-state index contributed by atoms with van der Waals surface area (Å²) in [6.07, 6.45) is 0.552. The number of aromatic amines is 1. The fourth-order valence-corrected chi connectivity index (χ4v) is 5.00. The zero-order valence-corrected chi connectivity index (χ0v) is 20.2. The Balaban J connectivity index is 1.89. The van der Waals surface area contributed by atoms with Crippen LogP contribution in [0.1, 0.15) is 48.1 Å². The number of hydrogen-bond acceptors (Lipinski definition) is 6. The van der Waals surface area contributed by atoms with Crippen LogP contribution in [0.3, 0.4) is 0 Å². The van der Waals surface area contributed by atoms with Crippen LogP contribution in [-0.4, -0.2) is 51.5 Å². The predicted molar refractivity (Wildman–Crippen MR) is 125 cm³/mol. The van der Waals surface area contributed by atoms with Gasteiger partial charge in [0.15, 0.2) is 0 Å². The van der Waals surface area contributed by atoms with Gasteiger partial charge in [0.1, 0.15) is 5.82 Å². The Hall–Kier alpha value is -3.31. The zero-order chi connectivity index (χ0) is 24.3. The highest BCUT2D eigenvalue weighted by molar-refractivity contribution is 7.89. The van der Waals surface area contributed by atoms with E-state index < -0.39 is 15.9 Å². The number of H-pyrrole nitrogens is 1. The van der Waals surface area contributed by atoms with Gasteiger partial charge in [-0.2, -0.15) is 14.1 Å². The van der Waals surface area contributed by atoms with Crippen LogP contribution in [0, 0.1) is 13.8 Å². The molecule has 0 aliphatic rings. The molecule has 33 heavy (non-hydrogen) atoms. The maximum atomic E-state index is 12.8. The number of nitrogens with one attached hydrogen (secondary N) is 2. The van der Waals surface area contributed by atoms with Crippen LogP contribution < -0.4 is 10.9 Å². The number of rotatable bonds is 8. The fraction of sp³-hybridized carbons (Fsp3) is 0.364. The van der Waals surface area contributed by atoms with E-state index in [1.165, 1.54) is 33.3 Å². The van der Waals surface area contributed by atoms with E-state index in [0.717, 1.165) is 0 Å². The van der Waals surface area contributed by atoms with Gasteiger partial charge in [-0.15, -0.1) is 0 Å². The monoisotopic (exact) mass is 472 g/mol. The molecule has 0 aliphatic carbocycles. The van der Waals surface area contributed by atoms with Crippen molar-refractivity contribution in [1.29, 1.82) is 0 Å². The SMILES string of the molecule is CCc1c(C)nc(-n2nc(C)cc2NC(=O)c2ccc(S(=O)(=O)N(CC)CC)cc2)[nH]c1=O. The fourth-order valence-electron chi connectivity index (χ4n) is 3.54. The third-order valence-corrected chi connectivity index (χ3v) is 7.36. The Labute approximate surface area is 192 Å². The minimum Gasteiger partial charge on any atom is -0.306 e. The van der Waals surface area contributed by atoms with Crippen molar-refractivity contribution in [2.75, 3.05) is 18.4 Å². The van der Waals surface area contributed by atoms with E-state index in [0.29, 0.717) is 42.3 Å². The van der Waals surface area contributed by atoms with Crippen molar-refractivity contribution in [1.82, 2.24) is 24.1 Å². The highest BCUT2D eigenvalue weighted by Crippen LogP contribution is 2.19. The van der Waals surface area contributed by atoms with Gasteiger partial charge in [-0.3, -0.25) is 14.6 Å². The number of hydrogen-bond donors (Lipinski definition) is 2. The van der Waals surface area contributed by atoms with Gasteiger partial charge < -0.3 is 5.32 Å². The highest BCUT2D eigenvalue weighted by atomic mass is 32.2. The molecule has 0 radical (unpaired) electrons. The molecule has 0 fully saturated rings. The standard InChI is InChI=1S/C22H28N6O4S/c1-6-18-15(5)23-22(25-21(18)30)28-19(13-14(4)26-28)24-20(29)16-9-11-17(12-10-16)33(31,32)27(7-2)8-3/h9-13H,6-8H2,1-5H3,(H,24,29)(H,23,25,30). The molecule has 1 amide bonds. The summed E-state index contributed by atoms with van der Waals surface area (Å²) in [6, 6.07) is 7.40. The van der Waals surface area contributed by atoms with E-state index >= 15 is 0 Å². The lowest BCUT2D eigenvalue weighted by Crippen LogP contribution is -2.30. The molecule has 0 unspecified atom stereocenters. The van der Waals surface area contributed by atoms with Gasteiger partial charge in [-0.25, -0.2) is 13.4 Å². The second-order valence-corrected chi connectivity index (χ2v) is 9.40. The molecule has 3 rings (SSSR count). The highest BCUT2D eigenvalue weighted by Gasteiger charge is 2.22. The molecule has 0 saturated carbocycles. The van der Waals surface area contributed by atoms with Crippen molar-refractivity contribution in [3.8, 4) is 5.95 Å². The quantitative estimate of drug-likeness (QED) is 0.518. The minimum absolute atomic E-state index is 0.122. The van der Waals surface area contributed by atoms with E-state index in [1.807, 2.05) is 6.92 Å². The third kappa shape index (κ3) is 4.88. The summed E-state index contributed by atoms with van der Waals surface area (Å²) in [5.41, 5.74) is 1.82. The van der Waals surface area contributed by atoms with Crippen LogP contribution in [0.25, 0.3) is 5.95 Å². The van der Waals surface area contributed by atoms with Crippen molar-refractivity contribution in [3.05, 3.63) is 63.2 Å². The van der Waals surface area contributed by atoms with Crippen molar-refractivity contribution in [3.63, 3.8) is 0 Å². The molecule has 3 aromatic rings. The summed E-state index contributed by atoms with van der Waals surface area (Å²) in [5, 5.41) is 7.09. The number of sulfonamides is 1. The second kappa shape index (κ2) is 9.67. The van der Waals surface area contributed by atoms with Crippen molar-refractivity contribution in [2.24, 2.45) is 0 Å². The molecule has 176 valence electrons. The first-order valence-electron chi connectivity index (χ1n) is 10.7. The normalized spacial score (nSPS) is 11.7. The number of aromatic nitrogens is 4. The molecule has 0 spiro atoms. The maximum Gasteiger partial charge on any atom is 0.256 e. The van der Waals surface area contributed by atoms with Crippen molar-refractivity contribution < 1.29 is 13.2 Å². The third-order valence-electron chi connectivity index (χ3n) is 5.30. The summed E-state index contributed by atoms with van der Waals surface area (Å²) in [6.45, 7) is 9.64. The van der Waals surface area contributed by atoms with Gasteiger partial charge in [0.05, 0.1) is 10.6 Å². The van der Waals surface area contributed by atoms with E-state index in [1.54, 1.807) is 33.8 Å². The number of aryl methyl sites for hydroxylation is 2. The lowest BCUT2D eigenvalue weighted by molar-refractivity contribution is 0.102. The molecular formula is C22H28N6O4S.